The first kappa shape index (κ1) is 23.4. The summed E-state index contributed by atoms with van der Waals surface area (Å²) in [7, 11) is -2.78. The van der Waals surface area contributed by atoms with Gasteiger partial charge in [-0.05, 0) is 42.5 Å². The molecule has 0 atom stereocenters. The first-order chi connectivity index (χ1) is 16.2. The van der Waals surface area contributed by atoms with Crippen molar-refractivity contribution >= 4 is 50.1 Å². The minimum absolute atomic E-state index is 0.0504. The van der Waals surface area contributed by atoms with Crippen molar-refractivity contribution in [2.75, 3.05) is 7.11 Å². The number of benzene rings is 3. The molecule has 0 amide bonds. The van der Waals surface area contributed by atoms with Crippen LogP contribution in [0, 0.1) is 0 Å². The molecule has 0 spiro atoms. The van der Waals surface area contributed by atoms with Crippen LogP contribution in [-0.4, -0.2) is 37.0 Å². The van der Waals surface area contributed by atoms with Crippen molar-refractivity contribution in [3.05, 3.63) is 101 Å². The van der Waals surface area contributed by atoms with Gasteiger partial charge < -0.3 is 4.74 Å². The average molecular weight is 496 g/mol. The van der Waals surface area contributed by atoms with Gasteiger partial charge in [0.05, 0.1) is 29.5 Å². The van der Waals surface area contributed by atoms with Gasteiger partial charge in [0.1, 0.15) is 0 Å². The summed E-state index contributed by atoms with van der Waals surface area (Å²) in [4.78, 5) is 37.7. The molecule has 4 aromatic rings. The fourth-order valence-electron chi connectivity index (χ4n) is 3.58. The van der Waals surface area contributed by atoms with E-state index in [1.54, 1.807) is 18.2 Å². The Balaban J connectivity index is 1.74. The maximum absolute atomic E-state index is 13.3. The van der Waals surface area contributed by atoms with Gasteiger partial charge in [0, 0.05) is 27.7 Å². The second-order valence-corrected chi connectivity index (χ2v) is 9.67. The summed E-state index contributed by atoms with van der Waals surface area (Å²) in [5.41, 5.74) is 0.652. The summed E-state index contributed by atoms with van der Waals surface area (Å²) >= 11 is 6.12. The molecule has 0 bridgehead atoms. The van der Waals surface area contributed by atoms with Crippen molar-refractivity contribution in [2.45, 2.75) is 11.3 Å². The zero-order chi connectivity index (χ0) is 24.5. The van der Waals surface area contributed by atoms with E-state index in [-0.39, 0.29) is 27.1 Å². The number of carbonyl (C=O) groups is 3. The van der Waals surface area contributed by atoms with Crippen molar-refractivity contribution < 1.29 is 27.5 Å². The molecule has 0 saturated heterocycles. The summed E-state index contributed by atoms with van der Waals surface area (Å²) in [6.07, 6.45) is 0.686. The van der Waals surface area contributed by atoms with Crippen molar-refractivity contribution in [2.24, 2.45) is 0 Å². The standard InChI is InChI=1S/C25H18ClNO6S/c1-33-25(30)17-7-5-6-16(12-17)23(28)14-24(29)21-15-27(22-11-10-18(26)13-20(21)22)34(31,32)19-8-3-2-4-9-19/h2-13,15H,14H2,1H3. The van der Waals surface area contributed by atoms with Gasteiger partial charge in [-0.15, -0.1) is 0 Å². The maximum atomic E-state index is 13.3. The van der Waals surface area contributed by atoms with Gasteiger partial charge in [0.2, 0.25) is 0 Å². The number of rotatable bonds is 7. The smallest absolute Gasteiger partial charge is 0.337 e. The largest absolute Gasteiger partial charge is 0.465 e. The first-order valence-electron chi connectivity index (χ1n) is 10.1. The van der Waals surface area contributed by atoms with Crippen LogP contribution in [0.4, 0.5) is 0 Å². The lowest BCUT2D eigenvalue weighted by atomic mass is 10.00. The Labute approximate surface area is 200 Å². The highest BCUT2D eigenvalue weighted by Crippen LogP contribution is 2.29. The SMILES string of the molecule is COC(=O)c1cccc(C(=O)CC(=O)c2cn(S(=O)(=O)c3ccccc3)c3ccc(Cl)cc23)c1. The zero-order valence-corrected chi connectivity index (χ0v) is 19.5. The molecular formula is C25H18ClNO6S. The van der Waals surface area contributed by atoms with Crippen LogP contribution >= 0.6 is 11.6 Å². The zero-order valence-electron chi connectivity index (χ0n) is 17.9. The number of carbonyl (C=O) groups excluding carboxylic acids is 3. The Morgan fingerprint density at radius 2 is 1.59 bits per heavy atom. The summed E-state index contributed by atoms with van der Waals surface area (Å²) in [6.45, 7) is 0. The van der Waals surface area contributed by atoms with Crippen molar-refractivity contribution in [1.29, 1.82) is 0 Å². The number of halogens is 1. The highest BCUT2D eigenvalue weighted by atomic mass is 35.5. The van der Waals surface area contributed by atoms with E-state index in [1.165, 1.54) is 67.9 Å². The van der Waals surface area contributed by atoms with E-state index in [9.17, 15) is 22.8 Å². The molecule has 34 heavy (non-hydrogen) atoms. The van der Waals surface area contributed by atoms with E-state index in [1.807, 2.05) is 0 Å². The van der Waals surface area contributed by atoms with Gasteiger partial charge in [0.25, 0.3) is 10.0 Å². The molecule has 0 saturated carbocycles. The molecule has 1 aromatic heterocycles. The molecule has 0 aliphatic rings. The molecular weight excluding hydrogens is 478 g/mol. The van der Waals surface area contributed by atoms with E-state index >= 15 is 0 Å². The van der Waals surface area contributed by atoms with Crippen LogP contribution in [0.1, 0.15) is 37.5 Å². The fourth-order valence-corrected chi connectivity index (χ4v) is 5.14. The van der Waals surface area contributed by atoms with Gasteiger partial charge in [-0.3, -0.25) is 9.59 Å². The van der Waals surface area contributed by atoms with E-state index in [0.29, 0.717) is 10.4 Å². The van der Waals surface area contributed by atoms with Gasteiger partial charge in [-0.25, -0.2) is 17.2 Å². The lowest BCUT2D eigenvalue weighted by Gasteiger charge is -2.07. The Morgan fingerprint density at radius 3 is 2.29 bits per heavy atom. The lowest BCUT2D eigenvalue weighted by molar-refractivity contribution is 0.0600. The van der Waals surface area contributed by atoms with Crippen molar-refractivity contribution in [1.82, 2.24) is 3.97 Å². The minimum Gasteiger partial charge on any atom is -0.465 e. The average Bonchev–Trinajstić information content (AvgIpc) is 3.23. The highest BCUT2D eigenvalue weighted by molar-refractivity contribution is 7.90. The molecule has 0 unspecified atom stereocenters. The van der Waals surface area contributed by atoms with Crippen LogP contribution < -0.4 is 0 Å². The van der Waals surface area contributed by atoms with Crippen LogP contribution in [0.3, 0.4) is 0 Å². The van der Waals surface area contributed by atoms with Crippen LogP contribution in [0.15, 0.2) is 83.9 Å². The first-order valence-corrected chi connectivity index (χ1v) is 11.9. The summed E-state index contributed by atoms with van der Waals surface area (Å²) in [5.74, 6) is -1.71. The summed E-state index contributed by atoms with van der Waals surface area (Å²) in [6, 6.07) is 18.2. The van der Waals surface area contributed by atoms with Gasteiger partial charge in [0.15, 0.2) is 11.6 Å². The Kier molecular flexibility index (Phi) is 6.37. The predicted molar refractivity (Wildman–Crippen MR) is 127 cm³/mol. The second kappa shape index (κ2) is 9.24. The molecule has 4 rings (SSSR count). The fraction of sp³-hybridized carbons (Fsp3) is 0.0800. The molecule has 9 heteroatoms. The van der Waals surface area contributed by atoms with Gasteiger partial charge >= 0.3 is 5.97 Å². The highest BCUT2D eigenvalue weighted by Gasteiger charge is 2.25. The van der Waals surface area contributed by atoms with Gasteiger partial charge in [-0.1, -0.05) is 41.9 Å². The minimum atomic E-state index is -4.00. The third kappa shape index (κ3) is 4.37. The number of ether oxygens (including phenoxy) is 1. The number of Topliss-reactive ketones (excluding diaryl/α,β-unsaturated/α-hetero) is 2. The van der Waals surface area contributed by atoms with Crippen LogP contribution in [0.5, 0.6) is 0 Å². The Morgan fingerprint density at radius 1 is 0.882 bits per heavy atom. The Hall–Kier alpha value is -3.75. The second-order valence-electron chi connectivity index (χ2n) is 7.41. The quantitative estimate of drug-likeness (QED) is 0.208. The molecule has 3 aromatic carbocycles. The number of nitrogens with zero attached hydrogens (tertiary/aromatic N) is 1. The van der Waals surface area contributed by atoms with Crippen molar-refractivity contribution in [3.8, 4) is 0 Å². The molecule has 172 valence electrons. The van der Waals surface area contributed by atoms with E-state index in [2.05, 4.69) is 4.74 Å². The summed E-state index contributed by atoms with van der Waals surface area (Å²) < 4.78 is 32.2. The lowest BCUT2D eigenvalue weighted by Crippen LogP contribution is -2.12. The van der Waals surface area contributed by atoms with Crippen LogP contribution in [0.2, 0.25) is 5.02 Å². The number of fused-ring (bicyclic) bond motifs is 1. The third-order valence-electron chi connectivity index (χ3n) is 5.26. The number of hydrogen-bond acceptors (Lipinski definition) is 6. The number of hydrogen-bond donors (Lipinski definition) is 0. The number of aromatic nitrogens is 1. The molecule has 0 aliphatic heterocycles. The topological polar surface area (TPSA) is 99.5 Å². The van der Waals surface area contributed by atoms with E-state index in [0.717, 1.165) is 3.97 Å². The molecule has 0 radical (unpaired) electrons. The monoisotopic (exact) mass is 495 g/mol. The predicted octanol–water partition coefficient (Wildman–Crippen LogP) is 4.77. The van der Waals surface area contributed by atoms with E-state index < -0.39 is 34.0 Å². The normalized spacial score (nSPS) is 11.4. The Bertz CT molecular complexity index is 1540. The van der Waals surface area contributed by atoms with Gasteiger partial charge in [-0.2, -0.15) is 0 Å². The van der Waals surface area contributed by atoms with Crippen LogP contribution in [0.25, 0.3) is 10.9 Å². The molecule has 0 aliphatic carbocycles. The number of ketones is 2. The van der Waals surface area contributed by atoms with Crippen molar-refractivity contribution in [3.63, 3.8) is 0 Å². The number of esters is 1. The molecule has 0 fully saturated rings. The van der Waals surface area contributed by atoms with Crippen LogP contribution in [-0.2, 0) is 14.8 Å². The molecule has 1 heterocycles. The number of methoxy groups -OCH3 is 1. The summed E-state index contributed by atoms with van der Waals surface area (Å²) in [5, 5.41) is 0.627. The third-order valence-corrected chi connectivity index (χ3v) is 7.18. The van der Waals surface area contributed by atoms with E-state index in [4.69, 9.17) is 11.6 Å². The molecule has 7 nitrogen and oxygen atoms in total. The maximum Gasteiger partial charge on any atom is 0.337 e. The molecule has 0 N–H and O–H groups in total.